The first-order chi connectivity index (χ1) is 17.1. The molecule has 0 bridgehead atoms. The van der Waals surface area contributed by atoms with Gasteiger partial charge >= 0.3 is 5.97 Å². The lowest BCUT2D eigenvalue weighted by atomic mass is 9.95. The second-order valence-corrected chi connectivity index (χ2v) is 9.55. The molecule has 1 aliphatic heterocycles. The van der Waals surface area contributed by atoms with Gasteiger partial charge in [0, 0.05) is 42.7 Å². The molecule has 1 aromatic heterocycles. The van der Waals surface area contributed by atoms with Gasteiger partial charge in [0.25, 0.3) is 5.91 Å². The molecule has 8 heteroatoms. The fraction of sp³-hybridized carbons (Fsp3) is 0.393. The van der Waals surface area contributed by atoms with Crippen LogP contribution in [0, 0.1) is 12.7 Å². The van der Waals surface area contributed by atoms with E-state index < -0.39 is 11.8 Å². The molecule has 0 aliphatic carbocycles. The monoisotopic (exact) mass is 494 g/mol. The third-order valence-corrected chi connectivity index (χ3v) is 6.68. The van der Waals surface area contributed by atoms with Crippen LogP contribution >= 0.6 is 0 Å². The summed E-state index contributed by atoms with van der Waals surface area (Å²) < 4.78 is 25.4. The van der Waals surface area contributed by atoms with Crippen LogP contribution in [0.25, 0.3) is 11.0 Å². The minimum atomic E-state index is -0.496. The zero-order valence-corrected chi connectivity index (χ0v) is 21.1. The van der Waals surface area contributed by atoms with Crippen LogP contribution in [0.2, 0.25) is 0 Å². The number of Topliss-reactive ketones (excluding diaryl/α,β-unsaturated/α-hetero) is 1. The van der Waals surface area contributed by atoms with Gasteiger partial charge in [-0.1, -0.05) is 13.8 Å². The molecule has 0 atom stereocenters. The Morgan fingerprint density at radius 1 is 1.08 bits per heavy atom. The summed E-state index contributed by atoms with van der Waals surface area (Å²) in [4.78, 5) is 40.0. The van der Waals surface area contributed by atoms with E-state index in [0.717, 1.165) is 22.1 Å². The van der Waals surface area contributed by atoms with Crippen molar-refractivity contribution in [2.45, 2.75) is 40.0 Å². The van der Waals surface area contributed by atoms with Crippen molar-refractivity contribution < 1.29 is 27.9 Å². The fourth-order valence-electron chi connectivity index (χ4n) is 4.62. The minimum Gasteiger partial charge on any atom is -0.464 e. The Morgan fingerprint density at radius 2 is 1.81 bits per heavy atom. The summed E-state index contributed by atoms with van der Waals surface area (Å²) in [5.74, 6) is -1.09. The molecule has 1 aliphatic rings. The third-order valence-electron chi connectivity index (χ3n) is 6.68. The summed E-state index contributed by atoms with van der Waals surface area (Å²) in [5.41, 5.74) is 4.52. The van der Waals surface area contributed by atoms with Crippen molar-refractivity contribution in [2.75, 3.05) is 37.7 Å². The lowest BCUT2D eigenvalue weighted by Crippen LogP contribution is -2.50. The van der Waals surface area contributed by atoms with E-state index in [4.69, 9.17) is 9.15 Å². The summed E-state index contributed by atoms with van der Waals surface area (Å²) in [6.07, 6.45) is 1.59. The van der Waals surface area contributed by atoms with Crippen LogP contribution in [0.5, 0.6) is 0 Å². The quantitative estimate of drug-likeness (QED) is 0.352. The summed E-state index contributed by atoms with van der Waals surface area (Å²) in [5, 5.41) is 0.882. The highest BCUT2D eigenvalue weighted by Gasteiger charge is 2.24. The Morgan fingerprint density at radius 3 is 2.44 bits per heavy atom. The number of fused-ring (bicyclic) bond motifs is 1. The van der Waals surface area contributed by atoms with E-state index in [2.05, 4.69) is 19.9 Å². The van der Waals surface area contributed by atoms with Gasteiger partial charge in [0.15, 0.2) is 12.4 Å². The zero-order valence-electron chi connectivity index (χ0n) is 21.1. The molecule has 0 unspecified atom stereocenters. The van der Waals surface area contributed by atoms with Gasteiger partial charge in [0.2, 0.25) is 0 Å². The smallest absolute Gasteiger partial charge is 0.310 e. The predicted molar refractivity (Wildman–Crippen MR) is 135 cm³/mol. The van der Waals surface area contributed by atoms with Crippen LogP contribution in [0.3, 0.4) is 0 Å². The van der Waals surface area contributed by atoms with Crippen molar-refractivity contribution in [3.8, 4) is 0 Å². The average Bonchev–Trinajstić information content (AvgIpc) is 3.22. The maximum atomic E-state index is 14.5. The van der Waals surface area contributed by atoms with Crippen LogP contribution in [0.1, 0.15) is 53.7 Å². The first kappa shape index (κ1) is 25.4. The number of piperazine rings is 1. The summed E-state index contributed by atoms with van der Waals surface area (Å²) in [7, 11) is 0. The van der Waals surface area contributed by atoms with E-state index in [0.29, 0.717) is 43.3 Å². The number of anilines is 1. The van der Waals surface area contributed by atoms with E-state index in [1.807, 2.05) is 17.9 Å². The SMILES string of the molecule is CC(=O)c1ccc(N2CCN(C(=O)COC(=O)Cc3coc4cc(C)c(C(C)C)cc34)CC2)c(F)c1. The number of furan rings is 1. The molecular formula is C28H31FN2O5. The highest BCUT2D eigenvalue weighted by atomic mass is 19.1. The molecule has 4 rings (SSSR count). The number of ether oxygens (including phenoxy) is 1. The topological polar surface area (TPSA) is 80.1 Å². The van der Waals surface area contributed by atoms with Crippen molar-refractivity contribution in [3.63, 3.8) is 0 Å². The molecule has 0 N–H and O–H groups in total. The number of esters is 1. The minimum absolute atomic E-state index is 0.0180. The number of rotatable bonds is 7. The molecule has 1 saturated heterocycles. The summed E-state index contributed by atoms with van der Waals surface area (Å²) in [6.45, 7) is 8.98. The van der Waals surface area contributed by atoms with Crippen LogP contribution in [0.15, 0.2) is 41.0 Å². The van der Waals surface area contributed by atoms with Gasteiger partial charge in [-0.15, -0.1) is 0 Å². The molecule has 1 amide bonds. The Balaban J connectivity index is 1.30. The molecule has 36 heavy (non-hydrogen) atoms. The van der Waals surface area contributed by atoms with E-state index in [-0.39, 0.29) is 24.7 Å². The van der Waals surface area contributed by atoms with Crippen LogP contribution in [-0.4, -0.2) is 55.3 Å². The first-order valence-corrected chi connectivity index (χ1v) is 12.1. The third kappa shape index (κ3) is 5.42. The first-order valence-electron chi connectivity index (χ1n) is 12.1. The van der Waals surface area contributed by atoms with Gasteiger partial charge in [0.1, 0.15) is 11.4 Å². The lowest BCUT2D eigenvalue weighted by Gasteiger charge is -2.36. The van der Waals surface area contributed by atoms with Crippen LogP contribution < -0.4 is 4.90 Å². The van der Waals surface area contributed by atoms with Gasteiger partial charge in [-0.05, 0) is 61.2 Å². The number of carbonyl (C=O) groups excluding carboxylic acids is 3. The molecule has 7 nitrogen and oxygen atoms in total. The van der Waals surface area contributed by atoms with Gasteiger partial charge in [0.05, 0.1) is 18.4 Å². The molecule has 0 saturated carbocycles. The second-order valence-electron chi connectivity index (χ2n) is 9.55. The van der Waals surface area contributed by atoms with E-state index in [1.54, 1.807) is 23.3 Å². The number of amides is 1. The van der Waals surface area contributed by atoms with Crippen LogP contribution in [0.4, 0.5) is 10.1 Å². The molecular weight excluding hydrogens is 463 g/mol. The van der Waals surface area contributed by atoms with Crippen LogP contribution in [-0.2, 0) is 20.7 Å². The van der Waals surface area contributed by atoms with Gasteiger partial charge < -0.3 is 19.0 Å². The Kier molecular flexibility index (Phi) is 7.43. The van der Waals surface area contributed by atoms with Crippen molar-refractivity contribution in [2.24, 2.45) is 0 Å². The van der Waals surface area contributed by atoms with E-state index in [1.165, 1.54) is 18.6 Å². The molecule has 3 aromatic rings. The highest BCUT2D eigenvalue weighted by molar-refractivity contribution is 5.94. The van der Waals surface area contributed by atoms with Gasteiger partial charge in [-0.2, -0.15) is 0 Å². The number of ketones is 1. The van der Waals surface area contributed by atoms with E-state index in [9.17, 15) is 18.8 Å². The van der Waals surface area contributed by atoms with Crippen molar-refractivity contribution in [3.05, 3.63) is 64.7 Å². The number of benzene rings is 2. The van der Waals surface area contributed by atoms with Crippen molar-refractivity contribution >= 4 is 34.3 Å². The molecule has 2 heterocycles. The largest absolute Gasteiger partial charge is 0.464 e. The predicted octanol–water partition coefficient (Wildman–Crippen LogP) is 4.64. The summed E-state index contributed by atoms with van der Waals surface area (Å²) in [6, 6.07) is 8.47. The normalized spacial score (nSPS) is 13.9. The summed E-state index contributed by atoms with van der Waals surface area (Å²) >= 11 is 0. The highest BCUT2D eigenvalue weighted by Crippen LogP contribution is 2.29. The zero-order chi connectivity index (χ0) is 26.0. The number of aryl methyl sites for hydroxylation is 1. The maximum Gasteiger partial charge on any atom is 0.310 e. The number of carbonyl (C=O) groups is 3. The second kappa shape index (κ2) is 10.5. The fourth-order valence-corrected chi connectivity index (χ4v) is 4.62. The Hall–Kier alpha value is -3.68. The van der Waals surface area contributed by atoms with Gasteiger partial charge in [-0.3, -0.25) is 14.4 Å². The number of hydrogen-bond acceptors (Lipinski definition) is 6. The maximum absolute atomic E-state index is 14.5. The van der Waals surface area contributed by atoms with Crippen molar-refractivity contribution in [1.29, 1.82) is 0 Å². The molecule has 0 spiro atoms. The number of halogens is 1. The van der Waals surface area contributed by atoms with Gasteiger partial charge in [-0.25, -0.2) is 4.39 Å². The lowest BCUT2D eigenvalue weighted by molar-refractivity contribution is -0.151. The molecule has 0 radical (unpaired) electrons. The standard InChI is InChI=1S/C28H31FN2O5/c1-17(2)22-14-23-21(15-35-26(23)11-18(22)3)13-28(34)36-16-27(33)31-9-7-30(8-10-31)25-6-5-20(19(4)32)12-24(25)29/h5-6,11-12,14-15,17H,7-10,13,16H2,1-4H3. The van der Waals surface area contributed by atoms with Crippen molar-refractivity contribution in [1.82, 2.24) is 4.90 Å². The number of hydrogen-bond donors (Lipinski definition) is 0. The molecule has 2 aromatic carbocycles. The van der Waals surface area contributed by atoms with E-state index >= 15 is 0 Å². The Bertz CT molecular complexity index is 1300. The number of nitrogens with zero attached hydrogens (tertiary/aromatic N) is 2. The average molecular weight is 495 g/mol. The molecule has 190 valence electrons. The Labute approximate surface area is 209 Å². The molecule has 1 fully saturated rings.